The van der Waals surface area contributed by atoms with Crippen LogP contribution < -0.4 is 0 Å². The minimum Gasteiger partial charge on any atom is -0.507 e. The molecule has 166 valence electrons. The van der Waals surface area contributed by atoms with Gasteiger partial charge in [-0.1, -0.05) is 54.1 Å². The molecular formula is C27H24FN3O2. The molecule has 1 atom stereocenters. The molecule has 1 unspecified atom stereocenters. The Balaban J connectivity index is 1.70. The lowest BCUT2D eigenvalue weighted by molar-refractivity contribution is 0.0728. The van der Waals surface area contributed by atoms with Crippen molar-refractivity contribution in [2.75, 3.05) is 0 Å². The van der Waals surface area contributed by atoms with Crippen LogP contribution in [-0.2, 0) is 6.54 Å². The molecule has 0 radical (unpaired) electrons. The van der Waals surface area contributed by atoms with E-state index in [0.29, 0.717) is 34.6 Å². The van der Waals surface area contributed by atoms with Crippen molar-refractivity contribution in [2.24, 2.45) is 0 Å². The number of nitrogens with zero attached hydrogens (tertiary/aromatic N) is 2. The number of H-pyrrole nitrogens is 1. The number of hydrogen-bond donors (Lipinski definition) is 2. The van der Waals surface area contributed by atoms with Crippen molar-refractivity contribution >= 4 is 5.91 Å². The summed E-state index contributed by atoms with van der Waals surface area (Å²) in [5, 5.41) is 18.0. The number of phenolic OH excluding ortho intramolecular Hbond substituents is 1. The first-order valence-corrected chi connectivity index (χ1v) is 10.8. The summed E-state index contributed by atoms with van der Waals surface area (Å²) >= 11 is 0. The van der Waals surface area contributed by atoms with E-state index in [1.807, 2.05) is 51.1 Å². The van der Waals surface area contributed by atoms with Gasteiger partial charge in [0.15, 0.2) is 0 Å². The first kappa shape index (κ1) is 20.9. The lowest BCUT2D eigenvalue weighted by Crippen LogP contribution is -2.29. The number of phenols is 1. The Morgan fingerprint density at radius 1 is 1.03 bits per heavy atom. The fourth-order valence-corrected chi connectivity index (χ4v) is 4.71. The molecular weight excluding hydrogens is 417 g/mol. The molecule has 0 saturated heterocycles. The largest absolute Gasteiger partial charge is 0.507 e. The molecule has 3 aromatic carbocycles. The zero-order valence-electron chi connectivity index (χ0n) is 18.7. The highest BCUT2D eigenvalue weighted by Gasteiger charge is 2.43. The summed E-state index contributed by atoms with van der Waals surface area (Å²) in [7, 11) is 0. The highest BCUT2D eigenvalue weighted by atomic mass is 19.1. The lowest BCUT2D eigenvalue weighted by atomic mass is 9.92. The lowest BCUT2D eigenvalue weighted by Gasteiger charge is -2.27. The number of halogens is 1. The van der Waals surface area contributed by atoms with Crippen molar-refractivity contribution < 1.29 is 14.3 Å². The average Bonchev–Trinajstić information content (AvgIpc) is 3.29. The van der Waals surface area contributed by atoms with E-state index in [1.54, 1.807) is 29.2 Å². The summed E-state index contributed by atoms with van der Waals surface area (Å²) in [4.78, 5) is 15.2. The maximum absolute atomic E-state index is 15.1. The summed E-state index contributed by atoms with van der Waals surface area (Å²) in [6.45, 7) is 6.12. The smallest absolute Gasteiger partial charge is 0.273 e. The molecule has 4 aromatic rings. The summed E-state index contributed by atoms with van der Waals surface area (Å²) in [6.07, 6.45) is 0. The monoisotopic (exact) mass is 441 g/mol. The number of aromatic amines is 1. The van der Waals surface area contributed by atoms with Crippen LogP contribution in [-0.4, -0.2) is 26.1 Å². The summed E-state index contributed by atoms with van der Waals surface area (Å²) < 4.78 is 15.1. The van der Waals surface area contributed by atoms with E-state index in [1.165, 1.54) is 6.07 Å². The molecule has 6 heteroatoms. The van der Waals surface area contributed by atoms with Gasteiger partial charge in [0.2, 0.25) is 0 Å². The fourth-order valence-electron chi connectivity index (χ4n) is 4.71. The van der Waals surface area contributed by atoms with Crippen molar-refractivity contribution in [1.29, 1.82) is 0 Å². The van der Waals surface area contributed by atoms with Crippen LogP contribution in [0.2, 0.25) is 0 Å². The van der Waals surface area contributed by atoms with Crippen LogP contribution in [0.15, 0.2) is 60.7 Å². The number of hydrogen-bond acceptors (Lipinski definition) is 3. The molecule has 33 heavy (non-hydrogen) atoms. The third-order valence-electron chi connectivity index (χ3n) is 6.23. The van der Waals surface area contributed by atoms with E-state index in [-0.39, 0.29) is 11.7 Å². The number of aryl methyl sites for hydroxylation is 3. The van der Waals surface area contributed by atoms with Gasteiger partial charge in [0.25, 0.3) is 5.91 Å². The first-order chi connectivity index (χ1) is 15.8. The average molecular weight is 442 g/mol. The standard InChI is InChI=1S/C27H24FN3O2/c1-15-8-10-18(11-9-15)14-31-26(19-6-4-5-7-20(19)28)23-24(29-30-25(23)27(31)33)22-17(3)12-16(2)13-21(22)32/h4-13,26,32H,14H2,1-3H3,(H,29,30). The quantitative estimate of drug-likeness (QED) is 0.434. The van der Waals surface area contributed by atoms with Crippen molar-refractivity contribution in [3.8, 4) is 17.0 Å². The van der Waals surface area contributed by atoms with E-state index >= 15 is 4.39 Å². The van der Waals surface area contributed by atoms with E-state index in [0.717, 1.165) is 22.3 Å². The maximum atomic E-state index is 15.1. The second-order valence-electron chi connectivity index (χ2n) is 8.68. The number of fused-ring (bicyclic) bond motifs is 1. The van der Waals surface area contributed by atoms with Gasteiger partial charge in [-0.2, -0.15) is 5.10 Å². The topological polar surface area (TPSA) is 69.2 Å². The highest BCUT2D eigenvalue weighted by molar-refractivity contribution is 6.00. The minimum atomic E-state index is -0.677. The number of rotatable bonds is 4. The van der Waals surface area contributed by atoms with E-state index < -0.39 is 11.9 Å². The zero-order valence-corrected chi connectivity index (χ0v) is 18.7. The second kappa shape index (κ2) is 7.89. The Bertz CT molecular complexity index is 1350. The number of aromatic hydroxyl groups is 1. The molecule has 5 rings (SSSR count). The Labute approximate surface area is 191 Å². The molecule has 5 nitrogen and oxygen atoms in total. The van der Waals surface area contributed by atoms with Gasteiger partial charge in [0.1, 0.15) is 23.0 Å². The van der Waals surface area contributed by atoms with Gasteiger partial charge in [-0.05, 0) is 49.6 Å². The third-order valence-corrected chi connectivity index (χ3v) is 6.23. The van der Waals surface area contributed by atoms with Crippen molar-refractivity contribution in [1.82, 2.24) is 15.1 Å². The molecule has 2 heterocycles. The van der Waals surface area contributed by atoms with Gasteiger partial charge in [-0.3, -0.25) is 9.89 Å². The van der Waals surface area contributed by atoms with Gasteiger partial charge >= 0.3 is 0 Å². The summed E-state index contributed by atoms with van der Waals surface area (Å²) in [5.41, 5.74) is 6.14. The van der Waals surface area contributed by atoms with Crippen molar-refractivity contribution in [2.45, 2.75) is 33.4 Å². The van der Waals surface area contributed by atoms with Crippen LogP contribution in [0.5, 0.6) is 5.75 Å². The van der Waals surface area contributed by atoms with Gasteiger partial charge < -0.3 is 10.0 Å². The van der Waals surface area contributed by atoms with E-state index in [2.05, 4.69) is 10.2 Å². The summed E-state index contributed by atoms with van der Waals surface area (Å²) in [6, 6.07) is 17.4. The number of nitrogens with one attached hydrogen (secondary N) is 1. The molecule has 1 amide bonds. The number of amides is 1. The Morgan fingerprint density at radius 3 is 2.45 bits per heavy atom. The van der Waals surface area contributed by atoms with Crippen LogP contribution in [0.4, 0.5) is 4.39 Å². The number of benzene rings is 3. The molecule has 2 N–H and O–H groups in total. The van der Waals surface area contributed by atoms with Crippen molar-refractivity contribution in [3.63, 3.8) is 0 Å². The molecule has 0 spiro atoms. The van der Waals surface area contributed by atoms with Crippen LogP contribution >= 0.6 is 0 Å². The summed E-state index contributed by atoms with van der Waals surface area (Å²) in [5.74, 6) is -0.561. The minimum absolute atomic E-state index is 0.0820. The van der Waals surface area contributed by atoms with Gasteiger partial charge in [-0.15, -0.1) is 0 Å². The third kappa shape index (κ3) is 3.48. The van der Waals surface area contributed by atoms with Crippen LogP contribution in [0, 0.1) is 26.6 Å². The molecule has 1 aromatic heterocycles. The fraction of sp³-hybridized carbons (Fsp3) is 0.185. The predicted octanol–water partition coefficient (Wildman–Crippen LogP) is 5.59. The van der Waals surface area contributed by atoms with E-state index in [4.69, 9.17) is 0 Å². The number of carbonyl (C=O) groups excluding carboxylic acids is 1. The SMILES string of the molecule is Cc1ccc(CN2C(=O)c3[nH]nc(-c4c(C)cc(C)cc4O)c3C2c2ccccc2F)cc1. The Morgan fingerprint density at radius 2 is 1.76 bits per heavy atom. The molecule has 0 saturated carbocycles. The molecule has 0 fully saturated rings. The van der Waals surface area contributed by atoms with Crippen LogP contribution in [0.3, 0.4) is 0 Å². The molecule has 1 aliphatic heterocycles. The van der Waals surface area contributed by atoms with Gasteiger partial charge in [0.05, 0.1) is 6.04 Å². The van der Waals surface area contributed by atoms with Crippen LogP contribution in [0.1, 0.15) is 49.9 Å². The first-order valence-electron chi connectivity index (χ1n) is 10.8. The van der Waals surface area contributed by atoms with Gasteiger partial charge in [0, 0.05) is 23.2 Å². The van der Waals surface area contributed by atoms with Crippen molar-refractivity contribution in [3.05, 3.63) is 106 Å². The molecule has 1 aliphatic rings. The Hall–Kier alpha value is -3.93. The normalized spacial score (nSPS) is 15.2. The highest BCUT2D eigenvalue weighted by Crippen LogP contribution is 2.46. The van der Waals surface area contributed by atoms with Crippen LogP contribution in [0.25, 0.3) is 11.3 Å². The zero-order chi connectivity index (χ0) is 23.3. The number of carbonyl (C=O) groups is 1. The molecule has 0 bridgehead atoms. The second-order valence-corrected chi connectivity index (χ2v) is 8.68. The Kier molecular flexibility index (Phi) is 5.01. The number of aromatic nitrogens is 2. The maximum Gasteiger partial charge on any atom is 0.273 e. The predicted molar refractivity (Wildman–Crippen MR) is 124 cm³/mol. The van der Waals surface area contributed by atoms with Gasteiger partial charge in [-0.25, -0.2) is 4.39 Å². The van der Waals surface area contributed by atoms with E-state index in [9.17, 15) is 9.90 Å². The molecule has 0 aliphatic carbocycles.